The molecule has 40 heavy (non-hydrogen) atoms. The van der Waals surface area contributed by atoms with Gasteiger partial charge in [-0.2, -0.15) is 0 Å². The van der Waals surface area contributed by atoms with E-state index in [0.29, 0.717) is 18.8 Å². The summed E-state index contributed by atoms with van der Waals surface area (Å²) in [5.74, 6) is -0.856. The first-order chi connectivity index (χ1) is 19.4. The lowest BCUT2D eigenvalue weighted by Gasteiger charge is -2.16. The first-order valence-corrected chi connectivity index (χ1v) is 12.8. The zero-order valence-corrected chi connectivity index (χ0v) is 21.5. The van der Waals surface area contributed by atoms with Gasteiger partial charge < -0.3 is 29.5 Å². The van der Waals surface area contributed by atoms with Crippen molar-refractivity contribution in [2.24, 2.45) is 0 Å². The van der Waals surface area contributed by atoms with Gasteiger partial charge in [0.15, 0.2) is 6.10 Å². The second-order valence-corrected chi connectivity index (χ2v) is 9.49. The standard InChI is InChI=1S/C19H18O5.C13H10O3/c20-15-7-5-13(6-8-15)12-1-3-14(4-2-12)19(21)24-17-11-23-16-9-10-22-18(16)17;14-12-7-5-10(6-8-12)9-1-3-11(4-2-9)13(15)16/h1-8,16-18,20H,9-11H2;1-8,14H,(H,15,16). The maximum absolute atomic E-state index is 12.3. The Morgan fingerprint density at radius 2 is 1.10 bits per heavy atom. The van der Waals surface area contributed by atoms with Gasteiger partial charge in [0, 0.05) is 6.61 Å². The SMILES string of the molecule is O=C(O)c1ccc(-c2ccc(O)cc2)cc1.O=C(OC1COC2CCOC21)c1ccc(-c2ccc(O)cc2)cc1. The smallest absolute Gasteiger partial charge is 0.338 e. The number of aromatic hydroxyl groups is 2. The summed E-state index contributed by atoms with van der Waals surface area (Å²) in [6, 6.07) is 27.5. The summed E-state index contributed by atoms with van der Waals surface area (Å²) in [5.41, 5.74) is 4.57. The fourth-order valence-corrected chi connectivity index (χ4v) is 4.65. The molecule has 8 nitrogen and oxygen atoms in total. The Bertz CT molecular complexity index is 1450. The fraction of sp³-hybridized carbons (Fsp3) is 0.188. The van der Waals surface area contributed by atoms with Crippen molar-refractivity contribution < 1.29 is 39.1 Å². The summed E-state index contributed by atoms with van der Waals surface area (Å²) >= 11 is 0. The number of esters is 1. The molecule has 6 rings (SSSR count). The van der Waals surface area contributed by atoms with E-state index >= 15 is 0 Å². The highest BCUT2D eigenvalue weighted by molar-refractivity contribution is 5.90. The topological polar surface area (TPSA) is 123 Å². The highest BCUT2D eigenvalue weighted by atomic mass is 16.6. The van der Waals surface area contributed by atoms with Crippen molar-refractivity contribution in [2.75, 3.05) is 13.2 Å². The summed E-state index contributed by atoms with van der Waals surface area (Å²) in [6.45, 7) is 1.05. The van der Waals surface area contributed by atoms with E-state index in [1.807, 2.05) is 24.3 Å². The van der Waals surface area contributed by atoms with Gasteiger partial charge in [-0.15, -0.1) is 0 Å². The Morgan fingerprint density at radius 3 is 1.57 bits per heavy atom. The molecule has 3 atom stereocenters. The van der Waals surface area contributed by atoms with Crippen molar-refractivity contribution in [2.45, 2.75) is 24.7 Å². The number of carbonyl (C=O) groups excluding carboxylic acids is 1. The molecule has 0 spiro atoms. The van der Waals surface area contributed by atoms with Crippen LogP contribution in [0, 0.1) is 0 Å². The van der Waals surface area contributed by atoms with Crippen LogP contribution in [-0.2, 0) is 14.2 Å². The number of hydrogen-bond donors (Lipinski definition) is 3. The second-order valence-electron chi connectivity index (χ2n) is 9.49. The van der Waals surface area contributed by atoms with E-state index in [0.717, 1.165) is 28.7 Å². The maximum atomic E-state index is 12.3. The maximum Gasteiger partial charge on any atom is 0.338 e. The molecule has 4 aromatic rings. The largest absolute Gasteiger partial charge is 0.508 e. The number of carbonyl (C=O) groups is 2. The quantitative estimate of drug-likeness (QED) is 0.283. The van der Waals surface area contributed by atoms with Crippen LogP contribution in [0.25, 0.3) is 22.3 Å². The van der Waals surface area contributed by atoms with E-state index in [1.54, 1.807) is 72.8 Å². The van der Waals surface area contributed by atoms with Gasteiger partial charge in [-0.25, -0.2) is 9.59 Å². The summed E-state index contributed by atoms with van der Waals surface area (Å²) in [6.07, 6.45) is 0.451. The third-order valence-electron chi connectivity index (χ3n) is 6.83. The average Bonchev–Trinajstić information content (AvgIpc) is 3.60. The summed E-state index contributed by atoms with van der Waals surface area (Å²) in [4.78, 5) is 23.0. The average molecular weight is 541 g/mol. The van der Waals surface area contributed by atoms with Gasteiger partial charge >= 0.3 is 11.9 Å². The highest BCUT2D eigenvalue weighted by Gasteiger charge is 2.44. The molecule has 2 fully saturated rings. The van der Waals surface area contributed by atoms with Gasteiger partial charge in [0.25, 0.3) is 0 Å². The van der Waals surface area contributed by atoms with Crippen molar-refractivity contribution in [3.05, 3.63) is 108 Å². The van der Waals surface area contributed by atoms with E-state index in [1.165, 1.54) is 0 Å². The van der Waals surface area contributed by atoms with Crippen molar-refractivity contribution in [3.8, 4) is 33.8 Å². The Balaban J connectivity index is 0.000000176. The molecule has 2 heterocycles. The first-order valence-electron chi connectivity index (χ1n) is 12.8. The predicted molar refractivity (Wildman–Crippen MR) is 147 cm³/mol. The van der Waals surface area contributed by atoms with E-state index in [4.69, 9.17) is 24.4 Å². The molecule has 2 aliphatic rings. The van der Waals surface area contributed by atoms with Crippen LogP contribution in [0.5, 0.6) is 11.5 Å². The van der Waals surface area contributed by atoms with E-state index < -0.39 is 5.97 Å². The molecule has 2 saturated heterocycles. The third-order valence-corrected chi connectivity index (χ3v) is 6.83. The van der Waals surface area contributed by atoms with Crippen LogP contribution in [-0.4, -0.2) is 58.8 Å². The summed E-state index contributed by atoms with van der Waals surface area (Å²) in [7, 11) is 0. The lowest BCUT2D eigenvalue weighted by Crippen LogP contribution is -2.32. The number of phenolic OH excluding ortho intramolecular Hbond substituents is 2. The Kier molecular flexibility index (Phi) is 8.10. The Labute approximate surface area is 231 Å². The Hall–Kier alpha value is -4.66. The van der Waals surface area contributed by atoms with Crippen LogP contribution < -0.4 is 0 Å². The van der Waals surface area contributed by atoms with Crippen LogP contribution in [0.2, 0.25) is 0 Å². The molecule has 204 valence electrons. The minimum Gasteiger partial charge on any atom is -0.508 e. The normalized spacial score (nSPS) is 19.2. The van der Waals surface area contributed by atoms with Crippen molar-refractivity contribution in [1.29, 1.82) is 0 Å². The van der Waals surface area contributed by atoms with Gasteiger partial charge in [0.05, 0.1) is 23.8 Å². The molecule has 0 amide bonds. The molecule has 0 aliphatic carbocycles. The van der Waals surface area contributed by atoms with Gasteiger partial charge in [-0.1, -0.05) is 48.5 Å². The zero-order valence-electron chi connectivity index (χ0n) is 21.5. The predicted octanol–water partition coefficient (Wildman–Crippen LogP) is 5.53. The van der Waals surface area contributed by atoms with Crippen molar-refractivity contribution >= 4 is 11.9 Å². The molecule has 3 unspecified atom stereocenters. The molecule has 0 radical (unpaired) electrons. The number of benzene rings is 4. The molecular formula is C32H28O8. The van der Waals surface area contributed by atoms with Gasteiger partial charge in [0.1, 0.15) is 17.6 Å². The van der Waals surface area contributed by atoms with Crippen molar-refractivity contribution in [3.63, 3.8) is 0 Å². The van der Waals surface area contributed by atoms with Gasteiger partial charge in [-0.3, -0.25) is 0 Å². The van der Waals surface area contributed by atoms with Crippen LogP contribution >= 0.6 is 0 Å². The molecule has 0 aromatic heterocycles. The minimum absolute atomic E-state index is 0.0553. The van der Waals surface area contributed by atoms with Gasteiger partial charge in [0.2, 0.25) is 0 Å². The van der Waals surface area contributed by atoms with E-state index in [9.17, 15) is 14.7 Å². The highest BCUT2D eigenvalue weighted by Crippen LogP contribution is 2.29. The lowest BCUT2D eigenvalue weighted by atomic mass is 10.0. The molecule has 0 saturated carbocycles. The molecule has 2 aliphatic heterocycles. The number of aromatic carboxylic acids is 1. The molecule has 8 heteroatoms. The number of rotatable bonds is 5. The summed E-state index contributed by atoms with van der Waals surface area (Å²) < 4.78 is 16.7. The molecule has 3 N–H and O–H groups in total. The van der Waals surface area contributed by atoms with Crippen LogP contribution in [0.1, 0.15) is 27.1 Å². The number of hydrogen-bond acceptors (Lipinski definition) is 7. The van der Waals surface area contributed by atoms with E-state index in [-0.39, 0.29) is 41.3 Å². The second kappa shape index (κ2) is 12.0. The van der Waals surface area contributed by atoms with Crippen molar-refractivity contribution in [1.82, 2.24) is 0 Å². The number of carboxylic acids is 1. The fourth-order valence-electron chi connectivity index (χ4n) is 4.65. The number of fused-ring (bicyclic) bond motifs is 1. The number of carboxylic acid groups (broad SMARTS) is 1. The minimum atomic E-state index is -0.933. The van der Waals surface area contributed by atoms with Crippen LogP contribution in [0.3, 0.4) is 0 Å². The lowest BCUT2D eigenvalue weighted by molar-refractivity contribution is -0.0148. The van der Waals surface area contributed by atoms with Crippen LogP contribution in [0.15, 0.2) is 97.1 Å². The monoisotopic (exact) mass is 540 g/mol. The first kappa shape index (κ1) is 26.9. The number of ether oxygens (including phenoxy) is 3. The van der Waals surface area contributed by atoms with Crippen LogP contribution in [0.4, 0.5) is 0 Å². The molecular weight excluding hydrogens is 512 g/mol. The number of phenols is 2. The molecule has 4 aromatic carbocycles. The Morgan fingerprint density at radius 1 is 0.650 bits per heavy atom. The summed E-state index contributed by atoms with van der Waals surface area (Å²) in [5, 5.41) is 27.2. The van der Waals surface area contributed by atoms with E-state index in [2.05, 4.69) is 0 Å². The molecule has 0 bridgehead atoms. The third kappa shape index (κ3) is 6.31. The zero-order chi connectivity index (χ0) is 28.1. The van der Waals surface area contributed by atoms with Gasteiger partial charge in [-0.05, 0) is 77.2 Å².